The van der Waals surface area contributed by atoms with E-state index < -0.39 is 5.54 Å². The summed E-state index contributed by atoms with van der Waals surface area (Å²) in [6, 6.07) is 0. The Bertz CT molecular complexity index is 236. The van der Waals surface area contributed by atoms with Gasteiger partial charge in [0.25, 0.3) is 0 Å². The highest BCUT2D eigenvalue weighted by Gasteiger charge is 2.41. The number of nitrogens with zero attached hydrogens (tertiary/aromatic N) is 1. The van der Waals surface area contributed by atoms with Crippen LogP contribution in [0.2, 0.25) is 0 Å². The van der Waals surface area contributed by atoms with E-state index in [4.69, 9.17) is 5.73 Å². The average molecular weight is 198 g/mol. The molecule has 0 spiro atoms. The Morgan fingerprint density at radius 1 is 1.43 bits per heavy atom. The second kappa shape index (κ2) is 3.51. The van der Waals surface area contributed by atoms with Crippen molar-refractivity contribution in [1.82, 2.24) is 4.90 Å². The van der Waals surface area contributed by atoms with Gasteiger partial charge in [0.15, 0.2) is 0 Å². The highest BCUT2D eigenvalue weighted by molar-refractivity contribution is 5.86. The largest absolute Gasteiger partial charge is 0.391 e. The zero-order valence-electron chi connectivity index (χ0n) is 8.41. The van der Waals surface area contributed by atoms with Crippen LogP contribution in [-0.4, -0.2) is 40.6 Å². The topological polar surface area (TPSA) is 66.6 Å². The molecule has 2 aliphatic rings. The molecule has 0 aromatic rings. The van der Waals surface area contributed by atoms with E-state index in [-0.39, 0.29) is 12.0 Å². The van der Waals surface area contributed by atoms with Crippen molar-refractivity contribution < 1.29 is 9.90 Å². The van der Waals surface area contributed by atoms with E-state index in [2.05, 4.69) is 0 Å². The molecule has 0 radical (unpaired) electrons. The molecule has 0 bridgehead atoms. The van der Waals surface area contributed by atoms with Crippen molar-refractivity contribution in [2.45, 2.75) is 43.7 Å². The van der Waals surface area contributed by atoms with E-state index in [9.17, 15) is 9.90 Å². The quantitative estimate of drug-likeness (QED) is 0.616. The molecule has 0 unspecified atom stereocenters. The molecule has 4 heteroatoms. The van der Waals surface area contributed by atoms with Crippen LogP contribution in [-0.2, 0) is 4.79 Å². The summed E-state index contributed by atoms with van der Waals surface area (Å²) >= 11 is 0. The van der Waals surface area contributed by atoms with Gasteiger partial charge in [-0.2, -0.15) is 0 Å². The van der Waals surface area contributed by atoms with Crippen LogP contribution in [0.5, 0.6) is 0 Å². The fourth-order valence-corrected chi connectivity index (χ4v) is 2.46. The number of hydrogen-bond donors (Lipinski definition) is 2. The summed E-state index contributed by atoms with van der Waals surface area (Å²) in [7, 11) is 0. The molecule has 1 atom stereocenters. The summed E-state index contributed by atoms with van der Waals surface area (Å²) in [4.78, 5) is 13.7. The second-order valence-electron chi connectivity index (χ2n) is 4.56. The van der Waals surface area contributed by atoms with Gasteiger partial charge in [-0.1, -0.05) is 12.8 Å². The monoisotopic (exact) mass is 198 g/mol. The zero-order chi connectivity index (χ0) is 10.2. The molecule has 1 saturated carbocycles. The first kappa shape index (κ1) is 9.93. The van der Waals surface area contributed by atoms with E-state index >= 15 is 0 Å². The fraction of sp³-hybridized carbons (Fsp3) is 0.900. The molecule has 1 aliphatic carbocycles. The normalized spacial score (nSPS) is 31.0. The van der Waals surface area contributed by atoms with Crippen LogP contribution >= 0.6 is 0 Å². The highest BCUT2D eigenvalue weighted by Crippen LogP contribution is 2.30. The van der Waals surface area contributed by atoms with Crippen LogP contribution in [0.25, 0.3) is 0 Å². The summed E-state index contributed by atoms with van der Waals surface area (Å²) in [5, 5.41) is 9.34. The highest BCUT2D eigenvalue weighted by atomic mass is 16.3. The predicted octanol–water partition coefficient (Wildman–Crippen LogP) is -0.149. The molecule has 1 heterocycles. The Kier molecular flexibility index (Phi) is 2.49. The maximum Gasteiger partial charge on any atom is 0.242 e. The number of nitrogens with two attached hydrogens (primary N) is 1. The van der Waals surface area contributed by atoms with E-state index in [1.807, 2.05) is 0 Å². The predicted molar refractivity (Wildman–Crippen MR) is 52.6 cm³/mol. The van der Waals surface area contributed by atoms with E-state index in [0.717, 1.165) is 25.7 Å². The van der Waals surface area contributed by atoms with Gasteiger partial charge in [0.1, 0.15) is 0 Å². The number of likely N-dealkylation sites (tertiary alicyclic amines) is 1. The van der Waals surface area contributed by atoms with Gasteiger partial charge < -0.3 is 15.7 Å². The molecular formula is C10H18N2O2. The minimum Gasteiger partial charge on any atom is -0.391 e. The Balaban J connectivity index is 2.00. The van der Waals surface area contributed by atoms with E-state index in [1.165, 1.54) is 0 Å². The lowest BCUT2D eigenvalue weighted by Crippen LogP contribution is -2.53. The Morgan fingerprint density at radius 2 is 2.07 bits per heavy atom. The lowest BCUT2D eigenvalue weighted by atomic mass is 9.97. The van der Waals surface area contributed by atoms with Gasteiger partial charge in [-0.25, -0.2) is 0 Å². The van der Waals surface area contributed by atoms with Crippen LogP contribution in [0.3, 0.4) is 0 Å². The molecule has 14 heavy (non-hydrogen) atoms. The maximum absolute atomic E-state index is 12.0. The third kappa shape index (κ3) is 1.64. The number of amides is 1. The second-order valence-corrected chi connectivity index (χ2v) is 4.56. The van der Waals surface area contributed by atoms with Gasteiger partial charge in [-0.05, 0) is 19.3 Å². The third-order valence-corrected chi connectivity index (χ3v) is 3.37. The van der Waals surface area contributed by atoms with Crippen molar-refractivity contribution >= 4 is 5.91 Å². The fourth-order valence-electron chi connectivity index (χ4n) is 2.46. The molecule has 1 saturated heterocycles. The Morgan fingerprint density at radius 3 is 2.57 bits per heavy atom. The van der Waals surface area contributed by atoms with Crippen LogP contribution < -0.4 is 5.73 Å². The first-order valence-electron chi connectivity index (χ1n) is 5.38. The number of carbonyl (C=O) groups is 1. The minimum atomic E-state index is -0.621. The summed E-state index contributed by atoms with van der Waals surface area (Å²) in [6.07, 6.45) is 4.07. The Hall–Kier alpha value is -0.610. The molecule has 0 aromatic carbocycles. The summed E-state index contributed by atoms with van der Waals surface area (Å²) in [6.45, 7) is 1.14. The third-order valence-electron chi connectivity index (χ3n) is 3.37. The molecule has 1 amide bonds. The average Bonchev–Trinajstić information content (AvgIpc) is 2.74. The van der Waals surface area contributed by atoms with Crippen molar-refractivity contribution in [3.05, 3.63) is 0 Å². The molecule has 2 rings (SSSR count). The first-order chi connectivity index (χ1) is 6.62. The molecule has 4 nitrogen and oxygen atoms in total. The smallest absolute Gasteiger partial charge is 0.242 e. The van der Waals surface area contributed by atoms with Crippen molar-refractivity contribution in [2.24, 2.45) is 5.73 Å². The molecule has 2 fully saturated rings. The number of β-amino-alcohol motifs (C(OH)–C–C–N with tert-alkyl or cyclic N) is 1. The van der Waals surface area contributed by atoms with Crippen molar-refractivity contribution in [1.29, 1.82) is 0 Å². The van der Waals surface area contributed by atoms with Crippen molar-refractivity contribution in [3.63, 3.8) is 0 Å². The number of rotatable bonds is 1. The van der Waals surface area contributed by atoms with Gasteiger partial charge in [0.2, 0.25) is 5.91 Å². The molecular weight excluding hydrogens is 180 g/mol. The van der Waals surface area contributed by atoms with Crippen molar-refractivity contribution in [2.75, 3.05) is 13.1 Å². The summed E-state index contributed by atoms with van der Waals surface area (Å²) in [5.41, 5.74) is 5.43. The van der Waals surface area contributed by atoms with Crippen LogP contribution in [0, 0.1) is 0 Å². The molecule has 3 N–H and O–H groups in total. The number of carbonyl (C=O) groups excluding carboxylic acids is 1. The zero-order valence-corrected chi connectivity index (χ0v) is 8.41. The van der Waals surface area contributed by atoms with Gasteiger partial charge in [-0.15, -0.1) is 0 Å². The first-order valence-corrected chi connectivity index (χ1v) is 5.38. The van der Waals surface area contributed by atoms with Crippen LogP contribution in [0.4, 0.5) is 0 Å². The lowest BCUT2D eigenvalue weighted by molar-refractivity contribution is -0.136. The van der Waals surface area contributed by atoms with Gasteiger partial charge in [-0.3, -0.25) is 4.79 Å². The lowest BCUT2D eigenvalue weighted by Gasteiger charge is -2.28. The molecule has 80 valence electrons. The minimum absolute atomic E-state index is 0.0477. The van der Waals surface area contributed by atoms with Gasteiger partial charge in [0.05, 0.1) is 11.6 Å². The number of hydrogen-bond acceptors (Lipinski definition) is 3. The number of aliphatic hydroxyl groups is 1. The summed E-state index contributed by atoms with van der Waals surface area (Å²) < 4.78 is 0. The Labute approximate surface area is 84.1 Å². The number of aliphatic hydroxyl groups excluding tert-OH is 1. The molecule has 0 aromatic heterocycles. The van der Waals surface area contributed by atoms with E-state index in [0.29, 0.717) is 19.5 Å². The van der Waals surface area contributed by atoms with Crippen LogP contribution in [0.15, 0.2) is 0 Å². The van der Waals surface area contributed by atoms with Crippen molar-refractivity contribution in [3.8, 4) is 0 Å². The van der Waals surface area contributed by atoms with E-state index in [1.54, 1.807) is 4.90 Å². The maximum atomic E-state index is 12.0. The van der Waals surface area contributed by atoms with Crippen LogP contribution in [0.1, 0.15) is 32.1 Å². The summed E-state index contributed by atoms with van der Waals surface area (Å²) in [5.74, 6) is 0.0477. The van der Waals surface area contributed by atoms with Gasteiger partial charge in [0, 0.05) is 13.1 Å². The standard InChI is InChI=1S/C10H18N2O2/c11-10(4-1-2-5-10)9(14)12-6-3-8(13)7-12/h8,13H,1-7,11H2/t8-/m1/s1. The molecule has 1 aliphatic heterocycles. The van der Waals surface area contributed by atoms with Gasteiger partial charge >= 0.3 is 0 Å². The SMILES string of the molecule is NC1(C(=O)N2CC[C@@H](O)C2)CCCC1.